The Hall–Kier alpha value is -0.560. The van der Waals surface area contributed by atoms with Crippen molar-refractivity contribution in [3.05, 3.63) is 24.3 Å². The molecule has 0 radical (unpaired) electrons. The summed E-state index contributed by atoms with van der Waals surface area (Å²) in [5.41, 5.74) is 2.50. The van der Waals surface area contributed by atoms with E-state index >= 15 is 0 Å². The summed E-state index contributed by atoms with van der Waals surface area (Å²) in [6, 6.07) is 0. The monoisotopic (exact) mass is 288 g/mol. The van der Waals surface area contributed by atoms with Crippen molar-refractivity contribution >= 4 is 0 Å². The topological polar surface area (TPSA) is 20.2 Å². The molecule has 3 aliphatic carbocycles. The van der Waals surface area contributed by atoms with E-state index in [-0.39, 0.29) is 5.41 Å². The van der Waals surface area contributed by atoms with Crippen molar-refractivity contribution in [2.24, 2.45) is 28.1 Å². The van der Waals surface area contributed by atoms with Gasteiger partial charge < -0.3 is 5.11 Å². The van der Waals surface area contributed by atoms with Crippen LogP contribution in [0.3, 0.4) is 0 Å². The van der Waals surface area contributed by atoms with Gasteiger partial charge in [0.2, 0.25) is 0 Å². The van der Waals surface area contributed by atoms with E-state index in [1.807, 2.05) is 0 Å². The lowest BCUT2D eigenvalue weighted by molar-refractivity contribution is -0.0558. The molecule has 0 heterocycles. The van der Waals surface area contributed by atoms with E-state index in [4.69, 9.17) is 0 Å². The molecule has 0 aromatic heterocycles. The van der Waals surface area contributed by atoms with Gasteiger partial charge in [0.15, 0.2) is 0 Å². The average Bonchev–Trinajstić information content (AvgIpc) is 2.46. The first-order chi connectivity index (χ1) is 9.87. The van der Waals surface area contributed by atoms with Gasteiger partial charge in [0.25, 0.3) is 0 Å². The highest BCUT2D eigenvalue weighted by Crippen LogP contribution is 2.63. The molecule has 5 atom stereocenters. The molecule has 1 nitrogen and oxygen atoms in total. The molecule has 0 bridgehead atoms. The lowest BCUT2D eigenvalue weighted by atomic mass is 9.46. The zero-order valence-corrected chi connectivity index (χ0v) is 14.1. The third-order valence-electron chi connectivity index (χ3n) is 7.31. The Bertz CT molecular complexity index is 464. The second kappa shape index (κ2) is 4.98. The molecule has 21 heavy (non-hydrogen) atoms. The van der Waals surface area contributed by atoms with Crippen molar-refractivity contribution in [3.63, 3.8) is 0 Å². The lowest BCUT2D eigenvalue weighted by Gasteiger charge is -2.59. The van der Waals surface area contributed by atoms with Gasteiger partial charge in [-0.25, -0.2) is 0 Å². The van der Waals surface area contributed by atoms with Gasteiger partial charge in [-0.2, -0.15) is 0 Å². The van der Waals surface area contributed by atoms with Crippen LogP contribution < -0.4 is 0 Å². The van der Waals surface area contributed by atoms with Crippen LogP contribution >= 0.6 is 0 Å². The summed E-state index contributed by atoms with van der Waals surface area (Å²) in [5.74, 6) is 1.42. The standard InChI is InChI=1S/C20H32O/c1-5-18(2)12-9-16-15(13-18)7-8-17-19(3,14-21)10-6-11-20(16,17)4/h5,9,15,17,21H,1,6-8,10-14H2,2-4H3/t15-,17+,18-,19-,20-/m0/s1. The van der Waals surface area contributed by atoms with E-state index in [1.54, 1.807) is 5.57 Å². The first-order valence-corrected chi connectivity index (χ1v) is 8.82. The Labute approximate surface area is 130 Å². The molecular weight excluding hydrogens is 256 g/mol. The van der Waals surface area contributed by atoms with Crippen LogP contribution in [0, 0.1) is 28.1 Å². The Balaban J connectivity index is 1.96. The van der Waals surface area contributed by atoms with Crippen LogP contribution in [0.2, 0.25) is 0 Å². The average molecular weight is 288 g/mol. The summed E-state index contributed by atoms with van der Waals surface area (Å²) in [7, 11) is 0. The number of aliphatic hydroxyl groups excluding tert-OH is 1. The quantitative estimate of drug-likeness (QED) is 0.700. The normalized spacial score (nSPS) is 49.8. The molecule has 2 fully saturated rings. The summed E-state index contributed by atoms with van der Waals surface area (Å²) < 4.78 is 0. The van der Waals surface area contributed by atoms with E-state index in [2.05, 4.69) is 39.5 Å². The molecule has 0 aliphatic heterocycles. The van der Waals surface area contributed by atoms with Gasteiger partial charge in [-0.1, -0.05) is 44.9 Å². The molecule has 118 valence electrons. The summed E-state index contributed by atoms with van der Waals surface area (Å²) in [4.78, 5) is 0. The fourth-order valence-electron chi connectivity index (χ4n) is 5.94. The molecule has 0 amide bonds. The fourth-order valence-corrected chi connectivity index (χ4v) is 5.94. The van der Waals surface area contributed by atoms with Gasteiger partial charge in [-0.3, -0.25) is 0 Å². The summed E-state index contributed by atoms with van der Waals surface area (Å²) in [6.45, 7) is 11.6. The maximum absolute atomic E-state index is 9.99. The second-order valence-electron chi connectivity index (χ2n) is 8.84. The number of hydrogen-bond donors (Lipinski definition) is 1. The Morgan fingerprint density at radius 3 is 2.71 bits per heavy atom. The summed E-state index contributed by atoms with van der Waals surface area (Å²) in [5, 5.41) is 9.99. The van der Waals surface area contributed by atoms with Gasteiger partial charge >= 0.3 is 0 Å². The van der Waals surface area contributed by atoms with Gasteiger partial charge in [-0.05, 0) is 66.6 Å². The van der Waals surface area contributed by atoms with Crippen LogP contribution in [0.15, 0.2) is 24.3 Å². The lowest BCUT2D eigenvalue weighted by Crippen LogP contribution is -2.51. The summed E-state index contributed by atoms with van der Waals surface area (Å²) in [6.07, 6.45) is 13.6. The number of fused-ring (bicyclic) bond motifs is 3. The maximum atomic E-state index is 9.99. The fraction of sp³-hybridized carbons (Fsp3) is 0.800. The first-order valence-electron chi connectivity index (χ1n) is 8.82. The van der Waals surface area contributed by atoms with Gasteiger partial charge in [-0.15, -0.1) is 6.58 Å². The maximum Gasteiger partial charge on any atom is 0.0487 e. The Morgan fingerprint density at radius 1 is 1.29 bits per heavy atom. The van der Waals surface area contributed by atoms with Crippen molar-refractivity contribution in [3.8, 4) is 0 Å². The van der Waals surface area contributed by atoms with Crippen LogP contribution in [-0.2, 0) is 0 Å². The van der Waals surface area contributed by atoms with Crippen LogP contribution in [0.25, 0.3) is 0 Å². The molecule has 0 saturated heterocycles. The molecule has 3 rings (SSSR count). The molecule has 0 aromatic carbocycles. The molecule has 1 heteroatoms. The van der Waals surface area contributed by atoms with Crippen LogP contribution in [0.1, 0.15) is 65.7 Å². The highest BCUT2D eigenvalue weighted by Gasteiger charge is 2.54. The van der Waals surface area contributed by atoms with Gasteiger partial charge in [0.05, 0.1) is 0 Å². The molecule has 0 spiro atoms. The number of aliphatic hydroxyl groups is 1. The predicted molar refractivity (Wildman–Crippen MR) is 89.0 cm³/mol. The van der Waals surface area contributed by atoms with Crippen LogP contribution in [0.4, 0.5) is 0 Å². The van der Waals surface area contributed by atoms with Crippen molar-refractivity contribution in [2.75, 3.05) is 6.61 Å². The molecule has 3 aliphatic rings. The third kappa shape index (κ3) is 2.23. The van der Waals surface area contributed by atoms with Crippen molar-refractivity contribution in [2.45, 2.75) is 65.7 Å². The van der Waals surface area contributed by atoms with Crippen LogP contribution in [0.5, 0.6) is 0 Å². The number of hydrogen-bond acceptors (Lipinski definition) is 1. The molecule has 2 saturated carbocycles. The largest absolute Gasteiger partial charge is 0.396 e. The van der Waals surface area contributed by atoms with Gasteiger partial charge in [0.1, 0.15) is 0 Å². The Morgan fingerprint density at radius 2 is 2.05 bits per heavy atom. The number of rotatable bonds is 2. The molecule has 0 unspecified atom stereocenters. The van der Waals surface area contributed by atoms with E-state index < -0.39 is 0 Å². The van der Waals surface area contributed by atoms with E-state index in [9.17, 15) is 5.11 Å². The van der Waals surface area contributed by atoms with E-state index in [0.29, 0.717) is 23.4 Å². The predicted octanol–water partition coefficient (Wildman–Crippen LogP) is 5.11. The smallest absolute Gasteiger partial charge is 0.0487 e. The van der Waals surface area contributed by atoms with Crippen molar-refractivity contribution in [1.82, 2.24) is 0 Å². The Kier molecular flexibility index (Phi) is 3.64. The minimum Gasteiger partial charge on any atom is -0.396 e. The first kappa shape index (κ1) is 15.3. The minimum atomic E-state index is 0.137. The zero-order chi connectivity index (χ0) is 15.3. The van der Waals surface area contributed by atoms with E-state index in [1.165, 1.54) is 38.5 Å². The summed E-state index contributed by atoms with van der Waals surface area (Å²) >= 11 is 0. The van der Waals surface area contributed by atoms with Crippen molar-refractivity contribution < 1.29 is 5.11 Å². The van der Waals surface area contributed by atoms with Crippen molar-refractivity contribution in [1.29, 1.82) is 0 Å². The van der Waals surface area contributed by atoms with E-state index in [0.717, 1.165) is 12.3 Å². The highest BCUT2D eigenvalue weighted by atomic mass is 16.3. The molecule has 0 aromatic rings. The van der Waals surface area contributed by atoms with Gasteiger partial charge in [0, 0.05) is 6.61 Å². The second-order valence-corrected chi connectivity index (χ2v) is 8.84. The number of allylic oxidation sites excluding steroid dienone is 3. The SMILES string of the molecule is C=C[C@@]1(C)CC=C2[C@@H](CC[C@@H]3[C@](C)(CO)CCC[C@@]23C)C1. The minimum absolute atomic E-state index is 0.137. The highest BCUT2D eigenvalue weighted by molar-refractivity contribution is 5.28. The zero-order valence-electron chi connectivity index (χ0n) is 14.1. The van der Waals surface area contributed by atoms with Crippen LogP contribution in [-0.4, -0.2) is 11.7 Å². The third-order valence-corrected chi connectivity index (χ3v) is 7.31. The molecular formula is C20H32O. The molecule has 1 N–H and O–H groups in total.